The van der Waals surface area contributed by atoms with Gasteiger partial charge in [0.2, 0.25) is 0 Å². The molecule has 0 saturated heterocycles. The van der Waals surface area contributed by atoms with Crippen LogP contribution in [0.25, 0.3) is 0 Å². The second-order valence-corrected chi connectivity index (χ2v) is 4.78. The third-order valence-electron chi connectivity index (χ3n) is 2.44. The van der Waals surface area contributed by atoms with Gasteiger partial charge in [0, 0.05) is 0 Å². The Morgan fingerprint density at radius 1 is 1.69 bits per heavy atom. The Morgan fingerprint density at radius 2 is 2.38 bits per heavy atom. The van der Waals surface area contributed by atoms with Crippen LogP contribution in [0, 0.1) is 5.92 Å². The first-order valence-corrected chi connectivity index (χ1v) is 5.47. The zero-order chi connectivity index (χ0) is 9.84. The highest BCUT2D eigenvalue weighted by Gasteiger charge is 2.29. The Kier molecular flexibility index (Phi) is 3.90. The Labute approximate surface area is 86.3 Å². The van der Waals surface area contributed by atoms with E-state index >= 15 is 0 Å². The molecule has 1 N–H and O–H groups in total. The molecule has 3 nitrogen and oxygen atoms in total. The fourth-order valence-electron chi connectivity index (χ4n) is 1.70. The summed E-state index contributed by atoms with van der Waals surface area (Å²) in [5.74, 6) is -0.0272. The first-order valence-electron chi connectivity index (χ1n) is 4.55. The second-order valence-electron chi connectivity index (χ2n) is 3.41. The average Bonchev–Trinajstić information content (AvgIpc) is 2.16. The lowest BCUT2D eigenvalue weighted by atomic mass is 9.83. The predicted octanol–water partition coefficient (Wildman–Crippen LogP) is 2.36. The van der Waals surface area contributed by atoms with Crippen molar-refractivity contribution in [1.82, 2.24) is 0 Å². The average molecular weight is 248 g/mol. The topological polar surface area (TPSA) is 49.7 Å². The highest BCUT2D eigenvalue weighted by molar-refractivity contribution is 9.10. The van der Waals surface area contributed by atoms with Crippen molar-refractivity contribution in [2.24, 2.45) is 11.1 Å². The Balaban J connectivity index is 2.70. The lowest BCUT2D eigenvalue weighted by molar-refractivity contribution is -0.120. The van der Waals surface area contributed by atoms with E-state index in [4.69, 9.17) is 5.21 Å². The summed E-state index contributed by atoms with van der Waals surface area (Å²) in [4.78, 5) is 11.5. The van der Waals surface area contributed by atoms with E-state index in [1.54, 1.807) is 0 Å². The van der Waals surface area contributed by atoms with Crippen molar-refractivity contribution in [3.63, 3.8) is 0 Å². The lowest BCUT2D eigenvalue weighted by Gasteiger charge is -2.22. The summed E-state index contributed by atoms with van der Waals surface area (Å²) >= 11 is 3.25. The van der Waals surface area contributed by atoms with Crippen molar-refractivity contribution < 1.29 is 10.0 Å². The molecular weight excluding hydrogens is 234 g/mol. The molecular formula is C9H14BrNO2. The van der Waals surface area contributed by atoms with Crippen molar-refractivity contribution in [2.75, 3.05) is 0 Å². The molecule has 0 spiro atoms. The van der Waals surface area contributed by atoms with Gasteiger partial charge in [0.05, 0.1) is 16.5 Å². The third-order valence-corrected chi connectivity index (χ3v) is 2.89. The van der Waals surface area contributed by atoms with Crippen molar-refractivity contribution in [3.05, 3.63) is 0 Å². The quantitative estimate of drug-likeness (QED) is 0.463. The van der Waals surface area contributed by atoms with Crippen molar-refractivity contribution >= 4 is 27.4 Å². The molecule has 0 aromatic carbocycles. The monoisotopic (exact) mass is 247 g/mol. The molecule has 0 aromatic rings. The van der Waals surface area contributed by atoms with Crippen LogP contribution in [0.1, 0.15) is 32.6 Å². The third kappa shape index (κ3) is 2.53. The van der Waals surface area contributed by atoms with Gasteiger partial charge in [-0.2, -0.15) is 0 Å². The van der Waals surface area contributed by atoms with Crippen molar-refractivity contribution in [3.8, 4) is 0 Å². The summed E-state index contributed by atoms with van der Waals surface area (Å²) in [5.41, 5.74) is 0.655. The highest BCUT2D eigenvalue weighted by Crippen LogP contribution is 2.24. The van der Waals surface area contributed by atoms with E-state index in [1.807, 2.05) is 6.92 Å². The molecule has 74 valence electrons. The van der Waals surface area contributed by atoms with Crippen LogP contribution in [-0.4, -0.2) is 21.5 Å². The van der Waals surface area contributed by atoms with Gasteiger partial charge in [0.25, 0.3) is 0 Å². The van der Waals surface area contributed by atoms with Crippen LogP contribution < -0.4 is 0 Å². The fourth-order valence-corrected chi connectivity index (χ4v) is 2.02. The molecule has 0 radical (unpaired) electrons. The van der Waals surface area contributed by atoms with Crippen molar-refractivity contribution in [1.29, 1.82) is 0 Å². The van der Waals surface area contributed by atoms with Crippen LogP contribution in [0.15, 0.2) is 5.16 Å². The maximum Gasteiger partial charge on any atom is 0.154 e. The summed E-state index contributed by atoms with van der Waals surface area (Å²) in [7, 11) is 0. The van der Waals surface area contributed by atoms with Crippen LogP contribution in [0.2, 0.25) is 0 Å². The number of carbonyl (C=O) groups excluding carboxylic acids is 1. The fraction of sp³-hybridized carbons (Fsp3) is 0.778. The van der Waals surface area contributed by atoms with Gasteiger partial charge in [-0.05, 0) is 26.2 Å². The van der Waals surface area contributed by atoms with E-state index in [2.05, 4.69) is 21.1 Å². The maximum absolute atomic E-state index is 11.6. The number of carbonyl (C=O) groups is 1. The number of Topliss-reactive ketones (excluding diaryl/α,β-unsaturated/α-hetero) is 1. The normalized spacial score (nSPS) is 28.8. The zero-order valence-electron chi connectivity index (χ0n) is 7.66. The number of ketones is 1. The number of hydrogen-bond acceptors (Lipinski definition) is 3. The first kappa shape index (κ1) is 10.7. The summed E-state index contributed by atoms with van der Waals surface area (Å²) in [6, 6.07) is 0. The van der Waals surface area contributed by atoms with Crippen LogP contribution in [-0.2, 0) is 4.79 Å². The zero-order valence-corrected chi connectivity index (χ0v) is 9.25. The molecule has 1 saturated carbocycles. The van der Waals surface area contributed by atoms with E-state index in [0.717, 1.165) is 25.7 Å². The number of rotatable bonds is 2. The second kappa shape index (κ2) is 4.74. The molecule has 2 unspecified atom stereocenters. The molecule has 0 heterocycles. The number of oxime groups is 1. The molecule has 0 amide bonds. The van der Waals surface area contributed by atoms with Gasteiger partial charge < -0.3 is 5.21 Å². The Morgan fingerprint density at radius 3 is 2.92 bits per heavy atom. The molecule has 1 aliphatic carbocycles. The standard InChI is InChI=1S/C9H14BrNO2/c1-6(10)9(12)7-4-2-3-5-8(7)11-13/h6-7,13H,2-5H2,1H3/b11-8+. The van der Waals surface area contributed by atoms with Gasteiger partial charge in [-0.1, -0.05) is 27.5 Å². The smallest absolute Gasteiger partial charge is 0.154 e. The number of halogens is 1. The van der Waals surface area contributed by atoms with Gasteiger partial charge in [0.15, 0.2) is 5.78 Å². The molecule has 2 atom stereocenters. The van der Waals surface area contributed by atoms with Crippen LogP contribution >= 0.6 is 15.9 Å². The highest BCUT2D eigenvalue weighted by atomic mass is 79.9. The largest absolute Gasteiger partial charge is 0.411 e. The van der Waals surface area contributed by atoms with E-state index in [1.165, 1.54) is 0 Å². The van der Waals surface area contributed by atoms with Gasteiger partial charge in [-0.3, -0.25) is 4.79 Å². The maximum atomic E-state index is 11.6. The molecule has 0 aliphatic heterocycles. The summed E-state index contributed by atoms with van der Waals surface area (Å²) in [5, 5.41) is 11.9. The molecule has 1 aliphatic rings. The van der Waals surface area contributed by atoms with Gasteiger partial charge in [-0.15, -0.1) is 0 Å². The minimum absolute atomic E-state index is 0.132. The number of alkyl halides is 1. The molecule has 0 bridgehead atoms. The van der Waals surface area contributed by atoms with E-state index in [0.29, 0.717) is 5.71 Å². The lowest BCUT2D eigenvalue weighted by Crippen LogP contribution is -2.31. The Bertz CT molecular complexity index is 226. The van der Waals surface area contributed by atoms with Crippen LogP contribution in [0.3, 0.4) is 0 Å². The molecule has 1 fully saturated rings. The number of nitrogens with zero attached hydrogens (tertiary/aromatic N) is 1. The van der Waals surface area contributed by atoms with Gasteiger partial charge in [0.1, 0.15) is 0 Å². The number of hydrogen-bond donors (Lipinski definition) is 1. The van der Waals surface area contributed by atoms with E-state index in [-0.39, 0.29) is 16.5 Å². The van der Waals surface area contributed by atoms with E-state index in [9.17, 15) is 4.79 Å². The van der Waals surface area contributed by atoms with Crippen molar-refractivity contribution in [2.45, 2.75) is 37.4 Å². The molecule has 13 heavy (non-hydrogen) atoms. The molecule has 1 rings (SSSR count). The van der Waals surface area contributed by atoms with E-state index < -0.39 is 0 Å². The SMILES string of the molecule is CC(Br)C(=O)C1CCCC/C1=N\O. The predicted molar refractivity (Wildman–Crippen MR) is 54.6 cm³/mol. The minimum atomic E-state index is -0.159. The molecule has 4 heteroatoms. The summed E-state index contributed by atoms with van der Waals surface area (Å²) < 4.78 is 0. The summed E-state index contributed by atoms with van der Waals surface area (Å²) in [6.45, 7) is 1.81. The summed E-state index contributed by atoms with van der Waals surface area (Å²) in [6.07, 6.45) is 3.66. The first-order chi connectivity index (χ1) is 6.16. The molecule has 0 aromatic heterocycles. The van der Waals surface area contributed by atoms with Crippen LogP contribution in [0.4, 0.5) is 0 Å². The minimum Gasteiger partial charge on any atom is -0.411 e. The van der Waals surface area contributed by atoms with Gasteiger partial charge >= 0.3 is 0 Å². The Hall–Kier alpha value is -0.380. The van der Waals surface area contributed by atoms with Crippen LogP contribution in [0.5, 0.6) is 0 Å². The van der Waals surface area contributed by atoms with Gasteiger partial charge in [-0.25, -0.2) is 0 Å².